The molecule has 0 saturated carbocycles. The first-order chi connectivity index (χ1) is 14.8. The first-order valence-corrected chi connectivity index (χ1v) is 10.3. The third-order valence-corrected chi connectivity index (χ3v) is 4.91. The van der Waals surface area contributed by atoms with Crippen molar-refractivity contribution in [2.75, 3.05) is 6.67 Å². The molecule has 152 valence electrons. The van der Waals surface area contributed by atoms with Gasteiger partial charge in [-0.25, -0.2) is 0 Å². The molecule has 0 aliphatic rings. The molecule has 0 fully saturated rings. The molecule has 0 aromatic heterocycles. The maximum atomic E-state index is 12.4. The molecule has 0 aliphatic carbocycles. The van der Waals surface area contributed by atoms with Crippen LogP contribution in [0.1, 0.15) is 35.1 Å². The second kappa shape index (κ2) is 11.6. The summed E-state index contributed by atoms with van der Waals surface area (Å²) < 4.78 is 12.4. The summed E-state index contributed by atoms with van der Waals surface area (Å²) >= 11 is 0. The molecule has 0 unspecified atom stereocenters. The molecule has 0 bridgehead atoms. The lowest BCUT2D eigenvalue weighted by Crippen LogP contribution is -1.87. The van der Waals surface area contributed by atoms with Gasteiger partial charge in [0.05, 0.1) is 19.1 Å². The molecule has 0 heterocycles. The standard InChI is InChI=1S/C27H27FN2/c1-2-3-4-5-22-6-8-24(9-7-22)20-29-30-21-25-12-16-27(17-13-25)26-14-10-23(11-15-26)18-19-28/h2,6-17,20-21H,1,3-5,18-19H2/b29-20+,30-21+. The predicted molar refractivity (Wildman–Crippen MR) is 126 cm³/mol. The molecule has 0 N–H and O–H groups in total. The van der Waals surface area contributed by atoms with Crippen LogP contribution in [0.15, 0.2) is 95.7 Å². The minimum absolute atomic E-state index is 0.322. The lowest BCUT2D eigenvalue weighted by Gasteiger charge is -2.04. The maximum absolute atomic E-state index is 12.4. The van der Waals surface area contributed by atoms with Gasteiger partial charge in [0.2, 0.25) is 0 Å². The SMILES string of the molecule is C=CCCCc1ccc(/C=N/N=C/c2ccc(-c3ccc(CCF)cc3)cc2)cc1. The highest BCUT2D eigenvalue weighted by Gasteiger charge is 1.99. The number of halogens is 1. The molecule has 3 aromatic carbocycles. The lowest BCUT2D eigenvalue weighted by atomic mass is 10.0. The lowest BCUT2D eigenvalue weighted by molar-refractivity contribution is 0.495. The number of allylic oxidation sites excluding steroid dienone is 1. The summed E-state index contributed by atoms with van der Waals surface area (Å²) in [5, 5.41) is 8.30. The molecular weight excluding hydrogens is 371 g/mol. The Morgan fingerprint density at radius 3 is 1.67 bits per heavy atom. The van der Waals surface area contributed by atoms with Gasteiger partial charge >= 0.3 is 0 Å². The van der Waals surface area contributed by atoms with E-state index in [0.717, 1.165) is 47.1 Å². The summed E-state index contributed by atoms with van der Waals surface area (Å²) in [5.74, 6) is 0. The number of hydrogen-bond acceptors (Lipinski definition) is 2. The monoisotopic (exact) mass is 398 g/mol. The number of nitrogens with zero attached hydrogens (tertiary/aromatic N) is 2. The molecule has 30 heavy (non-hydrogen) atoms. The molecule has 0 radical (unpaired) electrons. The van der Waals surface area contributed by atoms with Gasteiger partial charge in [0.25, 0.3) is 0 Å². The fourth-order valence-corrected chi connectivity index (χ4v) is 3.16. The smallest absolute Gasteiger partial charge is 0.0934 e. The Labute approximate surface area is 178 Å². The molecule has 3 heteroatoms. The Morgan fingerprint density at radius 1 is 0.667 bits per heavy atom. The third-order valence-electron chi connectivity index (χ3n) is 4.91. The molecule has 3 aromatic rings. The van der Waals surface area contributed by atoms with Gasteiger partial charge in [-0.15, -0.1) is 6.58 Å². The van der Waals surface area contributed by atoms with Crippen molar-refractivity contribution in [3.05, 3.63) is 108 Å². The van der Waals surface area contributed by atoms with E-state index in [-0.39, 0.29) is 6.67 Å². The van der Waals surface area contributed by atoms with Gasteiger partial charge in [0.1, 0.15) is 0 Å². The van der Waals surface area contributed by atoms with Crippen LogP contribution in [0.25, 0.3) is 11.1 Å². The van der Waals surface area contributed by atoms with Crippen LogP contribution in [-0.4, -0.2) is 19.1 Å². The van der Waals surface area contributed by atoms with Gasteiger partial charge in [0.15, 0.2) is 0 Å². The normalized spacial score (nSPS) is 11.4. The second-order valence-corrected chi connectivity index (χ2v) is 7.17. The number of alkyl halides is 1. The van der Waals surface area contributed by atoms with Crippen molar-refractivity contribution in [1.82, 2.24) is 0 Å². The molecule has 0 amide bonds. The molecule has 0 atom stereocenters. The summed E-state index contributed by atoms with van der Waals surface area (Å²) in [6.45, 7) is 3.43. The van der Waals surface area contributed by atoms with Gasteiger partial charge < -0.3 is 0 Å². The summed E-state index contributed by atoms with van der Waals surface area (Å²) in [7, 11) is 0. The minimum atomic E-state index is -0.322. The van der Waals surface area contributed by atoms with Crippen molar-refractivity contribution < 1.29 is 4.39 Å². The van der Waals surface area contributed by atoms with Gasteiger partial charge in [-0.2, -0.15) is 10.2 Å². The summed E-state index contributed by atoms with van der Waals surface area (Å²) in [4.78, 5) is 0. The first-order valence-electron chi connectivity index (χ1n) is 10.3. The summed E-state index contributed by atoms with van der Waals surface area (Å²) in [5.41, 5.74) is 6.61. The van der Waals surface area contributed by atoms with Crippen LogP contribution >= 0.6 is 0 Å². The van der Waals surface area contributed by atoms with Crippen molar-refractivity contribution >= 4 is 12.4 Å². The van der Waals surface area contributed by atoms with E-state index in [4.69, 9.17) is 0 Å². The zero-order valence-corrected chi connectivity index (χ0v) is 17.2. The van der Waals surface area contributed by atoms with Gasteiger partial charge in [-0.1, -0.05) is 78.9 Å². The predicted octanol–water partition coefficient (Wildman–Crippen LogP) is 6.83. The fraction of sp³-hybridized carbons (Fsp3) is 0.185. The summed E-state index contributed by atoms with van der Waals surface area (Å²) in [6, 6.07) is 24.6. The van der Waals surface area contributed by atoms with Crippen LogP contribution in [-0.2, 0) is 12.8 Å². The quantitative estimate of drug-likeness (QED) is 0.155. The van der Waals surface area contributed by atoms with E-state index < -0.39 is 0 Å². The highest BCUT2D eigenvalue weighted by atomic mass is 19.1. The van der Waals surface area contributed by atoms with Crippen LogP contribution in [0.5, 0.6) is 0 Å². The van der Waals surface area contributed by atoms with E-state index in [2.05, 4.69) is 53.2 Å². The molecular formula is C27H27FN2. The van der Waals surface area contributed by atoms with E-state index in [9.17, 15) is 4.39 Å². The van der Waals surface area contributed by atoms with E-state index in [1.165, 1.54) is 5.56 Å². The number of unbranched alkanes of at least 4 members (excludes halogenated alkanes) is 1. The molecule has 2 nitrogen and oxygen atoms in total. The Hall–Kier alpha value is -3.33. The van der Waals surface area contributed by atoms with E-state index in [1.807, 2.05) is 42.5 Å². The van der Waals surface area contributed by atoms with Crippen molar-refractivity contribution in [2.45, 2.75) is 25.7 Å². The summed E-state index contributed by atoms with van der Waals surface area (Å²) in [6.07, 6.45) is 9.18. The van der Waals surface area contributed by atoms with Gasteiger partial charge in [-0.3, -0.25) is 4.39 Å². The van der Waals surface area contributed by atoms with Crippen molar-refractivity contribution in [3.63, 3.8) is 0 Å². The van der Waals surface area contributed by atoms with Crippen LogP contribution in [0.4, 0.5) is 4.39 Å². The number of aryl methyl sites for hydroxylation is 2. The highest BCUT2D eigenvalue weighted by Crippen LogP contribution is 2.20. The zero-order chi connectivity index (χ0) is 21.0. The molecule has 0 spiro atoms. The van der Waals surface area contributed by atoms with Crippen LogP contribution in [0.2, 0.25) is 0 Å². The average molecular weight is 399 g/mol. The highest BCUT2D eigenvalue weighted by molar-refractivity contribution is 5.83. The van der Waals surface area contributed by atoms with Crippen LogP contribution in [0.3, 0.4) is 0 Å². The minimum Gasteiger partial charge on any atom is -0.251 e. The molecule has 0 saturated heterocycles. The number of rotatable bonds is 10. The van der Waals surface area contributed by atoms with Crippen molar-refractivity contribution in [1.29, 1.82) is 0 Å². The first kappa shape index (κ1) is 21.4. The molecule has 0 aliphatic heterocycles. The topological polar surface area (TPSA) is 24.7 Å². The van der Waals surface area contributed by atoms with E-state index in [0.29, 0.717) is 6.42 Å². The average Bonchev–Trinajstić information content (AvgIpc) is 2.79. The third kappa shape index (κ3) is 6.63. The zero-order valence-electron chi connectivity index (χ0n) is 17.2. The van der Waals surface area contributed by atoms with E-state index >= 15 is 0 Å². The maximum Gasteiger partial charge on any atom is 0.0934 e. The second-order valence-electron chi connectivity index (χ2n) is 7.17. The van der Waals surface area contributed by atoms with Crippen LogP contribution in [0, 0.1) is 0 Å². The fourth-order valence-electron chi connectivity index (χ4n) is 3.16. The van der Waals surface area contributed by atoms with Crippen molar-refractivity contribution in [2.24, 2.45) is 10.2 Å². The number of benzene rings is 3. The van der Waals surface area contributed by atoms with Gasteiger partial charge in [-0.05, 0) is 52.6 Å². The Balaban J connectivity index is 1.54. The van der Waals surface area contributed by atoms with Gasteiger partial charge in [0, 0.05) is 6.42 Å². The Morgan fingerprint density at radius 2 is 1.13 bits per heavy atom. The molecule has 3 rings (SSSR count). The van der Waals surface area contributed by atoms with Crippen LogP contribution < -0.4 is 0 Å². The van der Waals surface area contributed by atoms with E-state index in [1.54, 1.807) is 12.4 Å². The van der Waals surface area contributed by atoms with Crippen molar-refractivity contribution in [3.8, 4) is 11.1 Å². The Kier molecular flexibility index (Phi) is 8.28. The number of hydrogen-bond donors (Lipinski definition) is 0. The Bertz CT molecular complexity index is 969. The largest absolute Gasteiger partial charge is 0.251 e.